The van der Waals surface area contributed by atoms with Crippen molar-refractivity contribution in [1.29, 1.82) is 0 Å². The van der Waals surface area contributed by atoms with Gasteiger partial charge in [0.05, 0.1) is 7.11 Å². The zero-order valence-corrected chi connectivity index (χ0v) is 12.7. The Hall–Kier alpha value is -0.130. The van der Waals surface area contributed by atoms with E-state index in [9.17, 15) is 8.42 Å². The molecule has 0 aliphatic heterocycles. The molecule has 0 aliphatic carbocycles. The number of rotatable bonds is 13. The van der Waals surface area contributed by atoms with Crippen molar-refractivity contribution in [2.45, 2.75) is 71.1 Å². The van der Waals surface area contributed by atoms with Crippen molar-refractivity contribution in [1.82, 2.24) is 4.72 Å². The first kappa shape index (κ1) is 17.9. The monoisotopic (exact) mass is 279 g/mol. The molecule has 1 N–H and O–H groups in total. The van der Waals surface area contributed by atoms with Gasteiger partial charge in [0.25, 0.3) is 0 Å². The van der Waals surface area contributed by atoms with Crippen LogP contribution in [0.15, 0.2) is 0 Å². The van der Waals surface area contributed by atoms with Gasteiger partial charge in [-0.1, -0.05) is 64.7 Å². The first-order chi connectivity index (χ1) is 8.62. The quantitative estimate of drug-likeness (QED) is 0.526. The Morgan fingerprint density at radius 1 is 0.833 bits per heavy atom. The lowest BCUT2D eigenvalue weighted by molar-refractivity contribution is 0.386. The van der Waals surface area contributed by atoms with Crippen molar-refractivity contribution in [2.24, 2.45) is 0 Å². The van der Waals surface area contributed by atoms with Crippen molar-refractivity contribution in [3.63, 3.8) is 0 Å². The van der Waals surface area contributed by atoms with E-state index in [1.807, 2.05) is 0 Å². The second-order valence-electron chi connectivity index (χ2n) is 4.70. The highest BCUT2D eigenvalue weighted by Gasteiger charge is 2.04. The van der Waals surface area contributed by atoms with Crippen LogP contribution in [-0.2, 0) is 14.5 Å². The summed E-state index contributed by atoms with van der Waals surface area (Å²) < 4.78 is 28.5. The minimum absolute atomic E-state index is 0.479. The van der Waals surface area contributed by atoms with Crippen molar-refractivity contribution >= 4 is 10.3 Å². The van der Waals surface area contributed by atoms with E-state index in [0.717, 1.165) is 12.8 Å². The summed E-state index contributed by atoms with van der Waals surface area (Å²) in [5.74, 6) is 0. The highest BCUT2D eigenvalue weighted by Crippen LogP contribution is 2.10. The fourth-order valence-electron chi connectivity index (χ4n) is 1.87. The maximum atomic E-state index is 10.9. The fourth-order valence-corrected chi connectivity index (χ4v) is 2.38. The Morgan fingerprint density at radius 3 is 1.72 bits per heavy atom. The predicted octanol–water partition coefficient (Wildman–Crippen LogP) is 3.39. The van der Waals surface area contributed by atoms with E-state index in [4.69, 9.17) is 0 Å². The molecule has 0 saturated carbocycles. The van der Waals surface area contributed by atoms with E-state index in [1.54, 1.807) is 0 Å². The van der Waals surface area contributed by atoms with Crippen LogP contribution in [0.3, 0.4) is 0 Å². The largest absolute Gasteiger partial charge is 0.335 e. The fraction of sp³-hybridized carbons (Fsp3) is 1.00. The smallest absolute Gasteiger partial charge is 0.261 e. The SMILES string of the molecule is CCCCCCCCCCCCNS(=O)(=O)OC. The van der Waals surface area contributed by atoms with Crippen molar-refractivity contribution < 1.29 is 12.6 Å². The van der Waals surface area contributed by atoms with Crippen LogP contribution >= 0.6 is 0 Å². The summed E-state index contributed by atoms with van der Waals surface area (Å²) in [5, 5.41) is 0. The lowest BCUT2D eigenvalue weighted by atomic mass is 10.1. The Balaban J connectivity index is 3.12. The minimum atomic E-state index is -3.48. The van der Waals surface area contributed by atoms with Crippen molar-refractivity contribution in [2.75, 3.05) is 13.7 Å². The average molecular weight is 279 g/mol. The number of hydrogen-bond donors (Lipinski definition) is 1. The molecule has 0 rings (SSSR count). The normalized spacial score (nSPS) is 11.9. The number of nitrogens with one attached hydrogen (secondary N) is 1. The van der Waals surface area contributed by atoms with Crippen LogP contribution in [-0.4, -0.2) is 22.1 Å². The van der Waals surface area contributed by atoms with Crippen LogP contribution in [0.25, 0.3) is 0 Å². The summed E-state index contributed by atoms with van der Waals surface area (Å²) in [6, 6.07) is 0. The molecule has 0 amide bonds. The summed E-state index contributed by atoms with van der Waals surface area (Å²) in [4.78, 5) is 0. The molecule has 0 bridgehead atoms. The Morgan fingerprint density at radius 2 is 1.28 bits per heavy atom. The zero-order chi connectivity index (χ0) is 13.7. The molecule has 0 fully saturated rings. The Kier molecular flexibility index (Phi) is 11.8. The van der Waals surface area contributed by atoms with Crippen LogP contribution < -0.4 is 4.72 Å². The molecular formula is C13H29NO3S. The third-order valence-electron chi connectivity index (χ3n) is 3.03. The van der Waals surface area contributed by atoms with Crippen LogP contribution in [0.1, 0.15) is 71.1 Å². The van der Waals surface area contributed by atoms with Gasteiger partial charge >= 0.3 is 10.3 Å². The molecule has 5 heteroatoms. The van der Waals surface area contributed by atoms with Crippen molar-refractivity contribution in [3.8, 4) is 0 Å². The topological polar surface area (TPSA) is 55.4 Å². The first-order valence-electron chi connectivity index (χ1n) is 7.17. The van der Waals surface area contributed by atoms with Gasteiger partial charge in [-0.25, -0.2) is 0 Å². The highest BCUT2D eigenvalue weighted by atomic mass is 32.2. The summed E-state index contributed by atoms with van der Waals surface area (Å²) >= 11 is 0. The summed E-state index contributed by atoms with van der Waals surface area (Å²) in [6.07, 6.45) is 12.5. The molecule has 0 heterocycles. The summed E-state index contributed by atoms with van der Waals surface area (Å²) in [6.45, 7) is 2.71. The molecule has 0 radical (unpaired) electrons. The molecule has 0 atom stereocenters. The van der Waals surface area contributed by atoms with Gasteiger partial charge in [-0.2, -0.15) is 13.1 Å². The molecular weight excluding hydrogens is 250 g/mol. The molecule has 4 nitrogen and oxygen atoms in total. The van der Waals surface area contributed by atoms with Gasteiger partial charge in [0.1, 0.15) is 0 Å². The van der Waals surface area contributed by atoms with E-state index in [-0.39, 0.29) is 0 Å². The number of unbranched alkanes of at least 4 members (excludes halogenated alkanes) is 9. The van der Waals surface area contributed by atoms with Gasteiger partial charge in [0.15, 0.2) is 0 Å². The first-order valence-corrected chi connectivity index (χ1v) is 8.58. The van der Waals surface area contributed by atoms with Crippen molar-refractivity contribution in [3.05, 3.63) is 0 Å². The van der Waals surface area contributed by atoms with Gasteiger partial charge in [0.2, 0.25) is 0 Å². The zero-order valence-electron chi connectivity index (χ0n) is 11.9. The molecule has 0 aromatic rings. The molecule has 0 spiro atoms. The third kappa shape index (κ3) is 12.3. The molecule has 0 saturated heterocycles. The molecule has 18 heavy (non-hydrogen) atoms. The van der Waals surface area contributed by atoms with Gasteiger partial charge in [-0.3, -0.25) is 4.18 Å². The maximum Gasteiger partial charge on any atom is 0.335 e. The maximum absolute atomic E-state index is 10.9. The summed E-state index contributed by atoms with van der Waals surface area (Å²) in [5.41, 5.74) is 0. The van der Waals surface area contributed by atoms with Crippen LogP contribution in [0.5, 0.6) is 0 Å². The lowest BCUT2D eigenvalue weighted by Crippen LogP contribution is -2.25. The van der Waals surface area contributed by atoms with Gasteiger partial charge < -0.3 is 0 Å². The van der Waals surface area contributed by atoms with Crippen LogP contribution in [0.4, 0.5) is 0 Å². The second kappa shape index (κ2) is 11.9. The molecule has 0 aliphatic rings. The molecule has 110 valence electrons. The van der Waals surface area contributed by atoms with E-state index in [1.165, 1.54) is 58.5 Å². The van der Waals surface area contributed by atoms with E-state index >= 15 is 0 Å². The van der Waals surface area contributed by atoms with E-state index in [2.05, 4.69) is 15.8 Å². The van der Waals surface area contributed by atoms with Gasteiger partial charge in [-0.05, 0) is 6.42 Å². The van der Waals surface area contributed by atoms with Gasteiger partial charge in [0, 0.05) is 6.54 Å². The predicted molar refractivity (Wildman–Crippen MR) is 75.8 cm³/mol. The van der Waals surface area contributed by atoms with E-state index in [0.29, 0.717) is 6.54 Å². The molecule has 0 aromatic carbocycles. The Bertz CT molecular complexity index is 265. The second-order valence-corrected chi connectivity index (χ2v) is 6.23. The average Bonchev–Trinajstić information content (AvgIpc) is 2.36. The van der Waals surface area contributed by atoms with E-state index < -0.39 is 10.3 Å². The van der Waals surface area contributed by atoms with Crippen LogP contribution in [0.2, 0.25) is 0 Å². The van der Waals surface area contributed by atoms with Gasteiger partial charge in [-0.15, -0.1) is 0 Å². The lowest BCUT2D eigenvalue weighted by Gasteiger charge is -2.04. The highest BCUT2D eigenvalue weighted by molar-refractivity contribution is 7.84. The minimum Gasteiger partial charge on any atom is -0.261 e. The van der Waals surface area contributed by atoms with Crippen LogP contribution in [0, 0.1) is 0 Å². The molecule has 0 unspecified atom stereocenters. The molecule has 0 aromatic heterocycles. The standard InChI is InChI=1S/C13H29NO3S/c1-3-4-5-6-7-8-9-10-11-12-13-14-18(15,16)17-2/h14H,3-13H2,1-2H3. The summed E-state index contributed by atoms with van der Waals surface area (Å²) in [7, 11) is -2.31. The third-order valence-corrected chi connectivity index (χ3v) is 4.03. The Labute approximate surface area is 113 Å². The number of hydrogen-bond acceptors (Lipinski definition) is 3.